The molecular formula is C15H11BF2O2. The fourth-order valence-electron chi connectivity index (χ4n) is 1.91. The minimum Gasteiger partial charge on any atom is -0.294 e. The topological polar surface area (TPSA) is 34.1 Å². The summed E-state index contributed by atoms with van der Waals surface area (Å²) < 4.78 is 26.3. The average molecular weight is 272 g/mol. The molecule has 0 spiro atoms. The van der Waals surface area contributed by atoms with Crippen LogP contribution in [0, 0.1) is 0 Å². The van der Waals surface area contributed by atoms with Gasteiger partial charge in [0.25, 0.3) is 0 Å². The van der Waals surface area contributed by atoms with Crippen molar-refractivity contribution in [2.24, 2.45) is 0 Å². The third-order valence-corrected chi connectivity index (χ3v) is 2.93. The quantitative estimate of drug-likeness (QED) is 0.474. The molecule has 0 saturated heterocycles. The lowest BCUT2D eigenvalue weighted by Gasteiger charge is -2.11. The highest BCUT2D eigenvalue weighted by Crippen LogP contribution is 2.24. The van der Waals surface area contributed by atoms with Crippen LogP contribution in [0.5, 0.6) is 0 Å². The van der Waals surface area contributed by atoms with E-state index in [2.05, 4.69) is 0 Å². The maximum atomic E-state index is 13.1. The van der Waals surface area contributed by atoms with Crippen molar-refractivity contribution in [3.63, 3.8) is 0 Å². The fourth-order valence-corrected chi connectivity index (χ4v) is 1.91. The van der Waals surface area contributed by atoms with Gasteiger partial charge in [0, 0.05) is 11.1 Å². The second kappa shape index (κ2) is 6.24. The van der Waals surface area contributed by atoms with Crippen LogP contribution in [-0.4, -0.2) is 18.8 Å². The van der Waals surface area contributed by atoms with Crippen molar-refractivity contribution in [3.8, 4) is 0 Å². The number of ketones is 2. The van der Waals surface area contributed by atoms with Crippen LogP contribution in [0.4, 0.5) is 8.63 Å². The van der Waals surface area contributed by atoms with Crippen LogP contribution in [0.3, 0.4) is 0 Å². The van der Waals surface area contributed by atoms with E-state index in [1.165, 1.54) is 24.3 Å². The van der Waals surface area contributed by atoms with Gasteiger partial charge in [-0.3, -0.25) is 18.2 Å². The number of benzene rings is 2. The highest BCUT2D eigenvalue weighted by atomic mass is 19.2. The number of hydrogen-bond donors (Lipinski definition) is 0. The van der Waals surface area contributed by atoms with Gasteiger partial charge in [-0.05, 0) is 0 Å². The van der Waals surface area contributed by atoms with Gasteiger partial charge in [0.15, 0.2) is 11.6 Å². The Hall–Kier alpha value is -2.30. The smallest absolute Gasteiger partial charge is 0.294 e. The van der Waals surface area contributed by atoms with Crippen LogP contribution >= 0.6 is 0 Å². The van der Waals surface area contributed by atoms with E-state index in [1.807, 2.05) is 0 Å². The lowest BCUT2D eigenvalue weighted by Crippen LogP contribution is -2.28. The Bertz CT molecular complexity index is 548. The van der Waals surface area contributed by atoms with Crippen molar-refractivity contribution in [2.75, 3.05) is 0 Å². The summed E-state index contributed by atoms with van der Waals surface area (Å²) in [5.41, 5.74) is 0.226. The minimum atomic E-state index is -3.03. The molecule has 100 valence electrons. The minimum absolute atomic E-state index is 0.113. The van der Waals surface area contributed by atoms with E-state index in [4.69, 9.17) is 0 Å². The summed E-state index contributed by atoms with van der Waals surface area (Å²) in [6, 6.07) is 15.3. The lowest BCUT2D eigenvalue weighted by atomic mass is 9.69. The number of carbonyl (C=O) groups is 2. The number of halogens is 2. The van der Waals surface area contributed by atoms with Crippen molar-refractivity contribution in [1.29, 1.82) is 0 Å². The third kappa shape index (κ3) is 2.99. The molecule has 0 aliphatic heterocycles. The van der Waals surface area contributed by atoms with Crippen molar-refractivity contribution in [3.05, 3.63) is 71.8 Å². The molecule has 0 amide bonds. The fraction of sp³-hybridized carbons (Fsp3) is 0.0667. The number of rotatable bonds is 5. The zero-order valence-corrected chi connectivity index (χ0v) is 10.5. The second-order valence-corrected chi connectivity index (χ2v) is 4.27. The molecule has 0 N–H and O–H groups in total. The largest absolute Gasteiger partial charge is 0.556 e. The van der Waals surface area contributed by atoms with E-state index in [9.17, 15) is 18.2 Å². The van der Waals surface area contributed by atoms with Crippen molar-refractivity contribution < 1.29 is 18.2 Å². The van der Waals surface area contributed by atoms with Gasteiger partial charge in [0.1, 0.15) is 5.82 Å². The molecule has 2 nitrogen and oxygen atoms in total. The number of hydrogen-bond acceptors (Lipinski definition) is 2. The molecule has 0 aliphatic carbocycles. The maximum Gasteiger partial charge on any atom is 0.556 e. The number of carbonyl (C=O) groups excluding carboxylic acids is 2. The Balaban J connectivity index is 2.33. The predicted octanol–water partition coefficient (Wildman–Crippen LogP) is 3.55. The Kier molecular flexibility index (Phi) is 4.40. The van der Waals surface area contributed by atoms with Crippen LogP contribution in [0.2, 0.25) is 5.82 Å². The Morgan fingerprint density at radius 3 is 1.40 bits per heavy atom. The van der Waals surface area contributed by atoms with Gasteiger partial charge in [-0.15, -0.1) is 0 Å². The van der Waals surface area contributed by atoms with Crippen LogP contribution < -0.4 is 0 Å². The molecule has 0 heterocycles. The summed E-state index contributed by atoms with van der Waals surface area (Å²) >= 11 is 0. The predicted molar refractivity (Wildman–Crippen MR) is 73.3 cm³/mol. The van der Waals surface area contributed by atoms with Crippen molar-refractivity contribution in [1.82, 2.24) is 0 Å². The van der Waals surface area contributed by atoms with Crippen molar-refractivity contribution in [2.45, 2.75) is 5.82 Å². The first-order chi connectivity index (χ1) is 9.61. The Labute approximate surface area is 115 Å². The lowest BCUT2D eigenvalue weighted by molar-refractivity contribution is 0.0885. The van der Waals surface area contributed by atoms with Crippen LogP contribution in [0.25, 0.3) is 0 Å². The molecule has 0 radical (unpaired) electrons. The standard InChI is InChI=1S/C15H11BF2O2/c17-16(18)13(14(19)11-7-3-1-4-8-11)15(20)12-9-5-2-6-10-12/h1-10,13H. The SMILES string of the molecule is O=C(c1ccccc1)C(B(F)F)C(=O)c1ccccc1. The summed E-state index contributed by atoms with van der Waals surface area (Å²) in [7, 11) is -3.03. The molecule has 0 saturated carbocycles. The Morgan fingerprint density at radius 1 is 0.750 bits per heavy atom. The van der Waals surface area contributed by atoms with Gasteiger partial charge in [-0.25, -0.2) is 0 Å². The first kappa shape index (κ1) is 14.1. The van der Waals surface area contributed by atoms with Gasteiger partial charge in [0.2, 0.25) is 0 Å². The molecule has 0 atom stereocenters. The van der Waals surface area contributed by atoms with Crippen LogP contribution in [-0.2, 0) is 0 Å². The number of Topliss-reactive ketones (excluding diaryl/α,β-unsaturated/α-hetero) is 2. The zero-order valence-electron chi connectivity index (χ0n) is 10.5. The summed E-state index contributed by atoms with van der Waals surface area (Å²) in [5.74, 6) is -3.66. The molecule has 2 rings (SSSR count). The van der Waals surface area contributed by atoms with Crippen LogP contribution in [0.1, 0.15) is 20.7 Å². The molecule has 2 aromatic rings. The molecule has 20 heavy (non-hydrogen) atoms. The molecule has 5 heteroatoms. The van der Waals surface area contributed by atoms with Gasteiger partial charge in [-0.1, -0.05) is 60.7 Å². The third-order valence-electron chi connectivity index (χ3n) is 2.93. The van der Waals surface area contributed by atoms with E-state index in [0.717, 1.165) is 0 Å². The molecule has 0 aromatic heterocycles. The van der Waals surface area contributed by atoms with Gasteiger partial charge < -0.3 is 0 Å². The molecular weight excluding hydrogens is 261 g/mol. The summed E-state index contributed by atoms with van der Waals surface area (Å²) in [4.78, 5) is 24.2. The van der Waals surface area contributed by atoms with Gasteiger partial charge >= 0.3 is 7.27 Å². The Morgan fingerprint density at radius 2 is 1.10 bits per heavy atom. The molecule has 0 fully saturated rings. The normalized spacial score (nSPS) is 10.3. The summed E-state index contributed by atoms with van der Waals surface area (Å²) in [6.45, 7) is 0. The highest BCUT2D eigenvalue weighted by molar-refractivity contribution is 6.59. The van der Waals surface area contributed by atoms with Gasteiger partial charge in [-0.2, -0.15) is 0 Å². The van der Waals surface area contributed by atoms with E-state index in [0.29, 0.717) is 0 Å². The highest BCUT2D eigenvalue weighted by Gasteiger charge is 2.41. The maximum absolute atomic E-state index is 13.1. The van der Waals surface area contributed by atoms with E-state index >= 15 is 0 Å². The molecule has 0 bridgehead atoms. The molecule has 0 aliphatic rings. The first-order valence-electron chi connectivity index (χ1n) is 6.08. The van der Waals surface area contributed by atoms with Crippen molar-refractivity contribution >= 4 is 18.8 Å². The van der Waals surface area contributed by atoms with E-state index < -0.39 is 24.7 Å². The first-order valence-corrected chi connectivity index (χ1v) is 6.08. The molecule has 0 unspecified atom stereocenters. The average Bonchev–Trinajstić information content (AvgIpc) is 2.48. The second-order valence-electron chi connectivity index (χ2n) is 4.27. The van der Waals surface area contributed by atoms with E-state index in [1.54, 1.807) is 36.4 Å². The zero-order chi connectivity index (χ0) is 14.5. The summed E-state index contributed by atoms with van der Waals surface area (Å²) in [6.07, 6.45) is 0. The van der Waals surface area contributed by atoms with Gasteiger partial charge in [0.05, 0.1) is 0 Å². The summed E-state index contributed by atoms with van der Waals surface area (Å²) in [5, 5.41) is 0. The molecule has 2 aromatic carbocycles. The monoisotopic (exact) mass is 272 g/mol. The van der Waals surface area contributed by atoms with Crippen LogP contribution in [0.15, 0.2) is 60.7 Å². The van der Waals surface area contributed by atoms with E-state index in [-0.39, 0.29) is 11.1 Å².